The minimum Gasteiger partial charge on any atom is -0.368 e. The summed E-state index contributed by atoms with van der Waals surface area (Å²) in [5.74, 6) is -0.655. The van der Waals surface area contributed by atoms with Gasteiger partial charge in [0.15, 0.2) is 11.6 Å². The Bertz CT molecular complexity index is 1060. The third-order valence-corrected chi connectivity index (χ3v) is 5.26. The molecule has 1 atom stereocenters. The number of nitriles is 1. The van der Waals surface area contributed by atoms with Crippen molar-refractivity contribution in [2.75, 3.05) is 23.9 Å². The summed E-state index contributed by atoms with van der Waals surface area (Å²) in [5.41, 5.74) is 5.19. The van der Waals surface area contributed by atoms with E-state index in [1.807, 2.05) is 6.07 Å². The number of carbonyl (C=O) groups excluding carboxylic acids is 2. The fourth-order valence-corrected chi connectivity index (χ4v) is 3.57. The molecule has 34 heavy (non-hydrogen) atoms. The Kier molecular flexibility index (Phi) is 10.8. The molecule has 0 fully saturated rings. The van der Waals surface area contributed by atoms with E-state index in [1.54, 1.807) is 6.26 Å². The van der Waals surface area contributed by atoms with Crippen molar-refractivity contribution in [2.45, 2.75) is 50.9 Å². The van der Waals surface area contributed by atoms with Crippen LogP contribution in [0.15, 0.2) is 29.3 Å². The number of aromatic nitrogens is 2. The average Bonchev–Trinajstić information content (AvgIpc) is 2.74. The number of Topliss-reactive ketones (excluding diaryl/α,β-unsaturated/α-hetero) is 1. The molecule has 1 amide bonds. The highest BCUT2D eigenvalue weighted by Crippen LogP contribution is 2.30. The lowest BCUT2D eigenvalue weighted by Gasteiger charge is -2.20. The average molecular weight is 497 g/mol. The number of amides is 1. The fourth-order valence-electron chi connectivity index (χ4n) is 3.04. The quantitative estimate of drug-likeness (QED) is 0.257. The highest BCUT2D eigenvalue weighted by molar-refractivity contribution is 7.98. The predicted octanol–water partition coefficient (Wildman–Crippen LogP) is 3.82. The van der Waals surface area contributed by atoms with Gasteiger partial charge < -0.3 is 16.4 Å². The van der Waals surface area contributed by atoms with Gasteiger partial charge in [-0.3, -0.25) is 9.59 Å². The minimum atomic E-state index is -4.52. The summed E-state index contributed by atoms with van der Waals surface area (Å²) in [6.45, 7) is 1.67. The molecule has 0 unspecified atom stereocenters. The molecule has 0 saturated carbocycles. The van der Waals surface area contributed by atoms with Crippen molar-refractivity contribution in [1.29, 1.82) is 5.26 Å². The number of hydrogen-bond acceptors (Lipinski definition) is 8. The van der Waals surface area contributed by atoms with Gasteiger partial charge in [0.2, 0.25) is 11.9 Å². The van der Waals surface area contributed by atoms with Crippen LogP contribution in [0.2, 0.25) is 0 Å². The molecule has 2 aromatic rings. The SMILES string of the molecule is C.CSc1nc(N)nc(N[C@@H](CCCNC(C)=O)C(=O)Cc2cccc(C(F)(F)F)c2)c1C#N. The number of nitrogens with zero attached hydrogens (tertiary/aromatic N) is 3. The molecule has 4 N–H and O–H groups in total. The Morgan fingerprint density at radius 3 is 2.59 bits per heavy atom. The second-order valence-corrected chi connectivity index (χ2v) is 7.88. The van der Waals surface area contributed by atoms with Crippen LogP contribution in [-0.4, -0.2) is 40.5 Å². The Morgan fingerprint density at radius 1 is 1.29 bits per heavy atom. The molecule has 1 aromatic carbocycles. The van der Waals surface area contributed by atoms with Gasteiger partial charge in [-0.2, -0.15) is 23.4 Å². The number of nitrogens with one attached hydrogen (secondary N) is 2. The van der Waals surface area contributed by atoms with Crippen molar-refractivity contribution in [3.05, 3.63) is 41.0 Å². The van der Waals surface area contributed by atoms with Crippen molar-refractivity contribution < 1.29 is 22.8 Å². The van der Waals surface area contributed by atoms with E-state index in [2.05, 4.69) is 20.6 Å². The van der Waals surface area contributed by atoms with E-state index in [1.165, 1.54) is 30.8 Å². The van der Waals surface area contributed by atoms with Gasteiger partial charge in [-0.25, -0.2) is 4.98 Å². The van der Waals surface area contributed by atoms with Gasteiger partial charge in [-0.05, 0) is 30.7 Å². The second-order valence-electron chi connectivity index (χ2n) is 7.09. The molecule has 0 aliphatic carbocycles. The zero-order chi connectivity index (χ0) is 24.6. The first-order chi connectivity index (χ1) is 15.5. The largest absolute Gasteiger partial charge is 0.416 e. The van der Waals surface area contributed by atoms with E-state index in [0.717, 1.165) is 12.1 Å². The molecule has 1 aromatic heterocycles. The van der Waals surface area contributed by atoms with Crippen LogP contribution < -0.4 is 16.4 Å². The number of hydrogen-bond donors (Lipinski definition) is 3. The maximum absolute atomic E-state index is 13.1. The van der Waals surface area contributed by atoms with Crippen LogP contribution >= 0.6 is 11.8 Å². The molecule has 12 heteroatoms. The molecule has 2 rings (SSSR count). The lowest BCUT2D eigenvalue weighted by Crippen LogP contribution is -2.33. The molecule has 0 aliphatic heterocycles. The minimum absolute atomic E-state index is 0. The molecular formula is C22H27F3N6O2S. The number of benzene rings is 1. The van der Waals surface area contributed by atoms with Gasteiger partial charge in [0.05, 0.1) is 11.6 Å². The Morgan fingerprint density at radius 2 is 2.00 bits per heavy atom. The van der Waals surface area contributed by atoms with E-state index in [9.17, 15) is 28.0 Å². The van der Waals surface area contributed by atoms with Crippen LogP contribution in [0.3, 0.4) is 0 Å². The van der Waals surface area contributed by atoms with E-state index >= 15 is 0 Å². The number of carbonyl (C=O) groups is 2. The Labute approximate surface area is 200 Å². The van der Waals surface area contributed by atoms with Crippen LogP contribution in [0, 0.1) is 11.3 Å². The first-order valence-corrected chi connectivity index (χ1v) is 11.1. The van der Waals surface area contributed by atoms with Crippen LogP contribution in [0.5, 0.6) is 0 Å². The van der Waals surface area contributed by atoms with Crippen molar-refractivity contribution in [3.63, 3.8) is 0 Å². The van der Waals surface area contributed by atoms with Crippen molar-refractivity contribution in [1.82, 2.24) is 15.3 Å². The summed E-state index contributed by atoms with van der Waals surface area (Å²) in [6.07, 6.45) is -2.44. The lowest BCUT2D eigenvalue weighted by atomic mass is 9.98. The molecule has 1 heterocycles. The number of alkyl halides is 3. The zero-order valence-electron chi connectivity index (χ0n) is 18.0. The van der Waals surface area contributed by atoms with Gasteiger partial charge in [0.25, 0.3) is 0 Å². The van der Waals surface area contributed by atoms with E-state index in [4.69, 9.17) is 5.73 Å². The lowest BCUT2D eigenvalue weighted by molar-refractivity contribution is -0.137. The molecule has 8 nitrogen and oxygen atoms in total. The highest BCUT2D eigenvalue weighted by Gasteiger charge is 2.31. The van der Waals surface area contributed by atoms with Crippen molar-refractivity contribution >= 4 is 35.2 Å². The van der Waals surface area contributed by atoms with Crippen molar-refractivity contribution in [2.24, 2.45) is 0 Å². The van der Waals surface area contributed by atoms with Crippen molar-refractivity contribution in [3.8, 4) is 6.07 Å². The number of ketones is 1. The monoisotopic (exact) mass is 496 g/mol. The van der Waals surface area contributed by atoms with Gasteiger partial charge in [0, 0.05) is 19.9 Å². The van der Waals surface area contributed by atoms with Crippen LogP contribution in [0.1, 0.15) is 43.9 Å². The number of halogens is 3. The molecule has 0 bridgehead atoms. The maximum atomic E-state index is 13.1. The summed E-state index contributed by atoms with van der Waals surface area (Å²) in [7, 11) is 0. The van der Waals surface area contributed by atoms with Crippen LogP contribution in [0.25, 0.3) is 0 Å². The highest BCUT2D eigenvalue weighted by atomic mass is 32.2. The van der Waals surface area contributed by atoms with Gasteiger partial charge in [0.1, 0.15) is 16.7 Å². The zero-order valence-corrected chi connectivity index (χ0v) is 18.8. The summed E-state index contributed by atoms with van der Waals surface area (Å²) in [5, 5.41) is 15.4. The standard InChI is InChI=1S/C21H23F3N6O2S.CH4/c1-12(31)27-8-4-7-16(28-18-15(11-25)19(33-2)30-20(26)29-18)17(32)10-13-5-3-6-14(9-13)21(22,23)24;/h3,5-6,9,16H,4,7-8,10H2,1-2H3,(H,27,31)(H3,26,28,29,30);1H4/t16-;/m0./s1. The number of anilines is 2. The third-order valence-electron chi connectivity index (χ3n) is 4.57. The summed E-state index contributed by atoms with van der Waals surface area (Å²) < 4.78 is 39.1. The summed E-state index contributed by atoms with van der Waals surface area (Å²) in [6, 6.07) is 5.65. The Hall–Kier alpha value is -3.33. The van der Waals surface area contributed by atoms with Crippen LogP contribution in [-0.2, 0) is 22.2 Å². The third kappa shape index (κ3) is 8.22. The topological polar surface area (TPSA) is 134 Å². The van der Waals surface area contributed by atoms with Gasteiger partial charge in [-0.1, -0.05) is 25.6 Å². The predicted molar refractivity (Wildman–Crippen MR) is 125 cm³/mol. The second kappa shape index (κ2) is 12.8. The van der Waals surface area contributed by atoms with Gasteiger partial charge >= 0.3 is 6.18 Å². The molecule has 0 aliphatic rings. The maximum Gasteiger partial charge on any atom is 0.416 e. The number of nitrogens with two attached hydrogens (primary N) is 1. The number of nitrogen functional groups attached to an aromatic ring is 1. The molecular weight excluding hydrogens is 469 g/mol. The van der Waals surface area contributed by atoms with Crippen LogP contribution in [0.4, 0.5) is 24.9 Å². The first kappa shape index (κ1) is 28.7. The van der Waals surface area contributed by atoms with E-state index in [0.29, 0.717) is 18.0 Å². The molecule has 0 radical (unpaired) electrons. The summed E-state index contributed by atoms with van der Waals surface area (Å²) in [4.78, 5) is 32.2. The number of rotatable bonds is 10. The van der Waals surface area contributed by atoms with E-state index in [-0.39, 0.29) is 49.1 Å². The normalized spacial score (nSPS) is 11.6. The molecule has 184 valence electrons. The van der Waals surface area contributed by atoms with Gasteiger partial charge in [-0.15, -0.1) is 11.8 Å². The smallest absolute Gasteiger partial charge is 0.368 e. The first-order valence-electron chi connectivity index (χ1n) is 9.86. The summed E-state index contributed by atoms with van der Waals surface area (Å²) >= 11 is 1.18. The molecule has 0 spiro atoms. The van der Waals surface area contributed by atoms with E-state index < -0.39 is 23.6 Å². The Balaban J connectivity index is 0.00000578. The molecule has 0 saturated heterocycles. The fraction of sp³-hybridized carbons (Fsp3) is 0.409. The number of thioether (sulfide) groups is 1.